The highest BCUT2D eigenvalue weighted by atomic mass is 16.5. The number of carbonyl (C=O) groups excluding carboxylic acids is 2. The molecule has 0 aliphatic carbocycles. The van der Waals surface area contributed by atoms with Gasteiger partial charge >= 0.3 is 11.9 Å². The monoisotopic (exact) mass is 278 g/mol. The van der Waals surface area contributed by atoms with Crippen molar-refractivity contribution in [2.45, 2.75) is 19.1 Å². The number of amides is 1. The van der Waals surface area contributed by atoms with Gasteiger partial charge in [-0.25, -0.2) is 0 Å². The van der Waals surface area contributed by atoms with Crippen molar-refractivity contribution in [2.75, 3.05) is 11.9 Å². The number of nitrogens with one attached hydrogen (secondary N) is 2. The Labute approximate surface area is 114 Å². The molecule has 2 atom stereocenters. The molecule has 2 unspecified atom stereocenters. The summed E-state index contributed by atoms with van der Waals surface area (Å²) >= 11 is 0. The maximum Gasteiger partial charge on any atom is 0.317 e. The first kappa shape index (κ1) is 14.0. The number of carboxylic acid groups (broad SMARTS) is 1. The van der Waals surface area contributed by atoms with Crippen LogP contribution in [0.3, 0.4) is 0 Å². The van der Waals surface area contributed by atoms with Crippen LogP contribution in [0.15, 0.2) is 24.3 Å². The summed E-state index contributed by atoms with van der Waals surface area (Å²) in [6.07, 6.45) is -1.10. The molecule has 0 spiro atoms. The van der Waals surface area contributed by atoms with Crippen LogP contribution in [0.25, 0.3) is 0 Å². The number of para-hydroxylation sites is 1. The number of carboxylic acids is 1. The minimum absolute atomic E-state index is 0.343. The number of carbonyl (C=O) groups is 3. The highest BCUT2D eigenvalue weighted by Gasteiger charge is 2.38. The van der Waals surface area contributed by atoms with E-state index in [9.17, 15) is 14.4 Å². The molecule has 0 aromatic heterocycles. The lowest BCUT2D eigenvalue weighted by Gasteiger charge is -2.32. The second-order valence-electron chi connectivity index (χ2n) is 4.36. The van der Waals surface area contributed by atoms with Crippen molar-refractivity contribution < 1.29 is 24.2 Å². The molecule has 3 N–H and O–H groups in total. The fourth-order valence-electron chi connectivity index (χ4n) is 2.11. The second kappa shape index (κ2) is 5.70. The number of aliphatic carboxylic acids is 1. The highest BCUT2D eigenvalue weighted by molar-refractivity contribution is 5.99. The maximum absolute atomic E-state index is 12.0. The minimum Gasteiger partial charge on any atom is -0.480 e. The Kier molecular flexibility index (Phi) is 3.99. The molecule has 7 nitrogen and oxygen atoms in total. The summed E-state index contributed by atoms with van der Waals surface area (Å²) in [6, 6.07) is 6.26. The van der Waals surface area contributed by atoms with Gasteiger partial charge in [0.25, 0.3) is 5.91 Å². The van der Waals surface area contributed by atoms with Crippen LogP contribution in [0.5, 0.6) is 0 Å². The third-order valence-corrected chi connectivity index (χ3v) is 2.88. The average Bonchev–Trinajstić information content (AvgIpc) is 2.37. The van der Waals surface area contributed by atoms with Crippen LogP contribution in [0.2, 0.25) is 0 Å². The van der Waals surface area contributed by atoms with E-state index in [1.165, 1.54) is 6.92 Å². The number of ether oxygens (including phenoxy) is 1. The minimum atomic E-state index is -1.10. The van der Waals surface area contributed by atoms with Crippen LogP contribution in [0.1, 0.15) is 18.5 Å². The molecule has 1 amide bonds. The molecule has 0 bridgehead atoms. The van der Waals surface area contributed by atoms with Gasteiger partial charge in [-0.2, -0.15) is 0 Å². The van der Waals surface area contributed by atoms with E-state index in [0.29, 0.717) is 11.3 Å². The second-order valence-corrected chi connectivity index (χ2v) is 4.36. The van der Waals surface area contributed by atoms with Gasteiger partial charge in [0.05, 0.1) is 12.6 Å². The number of esters is 1. The summed E-state index contributed by atoms with van der Waals surface area (Å²) < 4.78 is 5.00. The molecule has 2 rings (SSSR count). The Morgan fingerprint density at radius 2 is 2.10 bits per heavy atom. The zero-order chi connectivity index (χ0) is 14.7. The molecule has 0 saturated heterocycles. The van der Waals surface area contributed by atoms with Crippen LogP contribution in [-0.4, -0.2) is 35.6 Å². The van der Waals surface area contributed by atoms with Crippen LogP contribution in [-0.2, 0) is 19.1 Å². The van der Waals surface area contributed by atoms with Gasteiger partial charge in [0.15, 0.2) is 6.10 Å². The molecule has 1 heterocycles. The standard InChI is InChI=1S/C13H14N2O5/c1-7(16)20-12-11(14-6-10(17)18)8-4-2-3-5-9(8)15-13(12)19/h2-5,11-12,14H,6H2,1H3,(H,15,19)(H,17,18). The van der Waals surface area contributed by atoms with E-state index in [4.69, 9.17) is 9.84 Å². The predicted molar refractivity (Wildman–Crippen MR) is 69.0 cm³/mol. The zero-order valence-corrected chi connectivity index (χ0v) is 10.8. The predicted octanol–water partition coefficient (Wildman–Crippen LogP) is 0.286. The number of rotatable bonds is 4. The number of hydrogen-bond acceptors (Lipinski definition) is 5. The lowest BCUT2D eigenvalue weighted by molar-refractivity contribution is -0.154. The Morgan fingerprint density at radius 1 is 1.40 bits per heavy atom. The smallest absolute Gasteiger partial charge is 0.317 e. The lowest BCUT2D eigenvalue weighted by Crippen LogP contribution is -2.47. The molecular weight excluding hydrogens is 264 g/mol. The van der Waals surface area contributed by atoms with E-state index in [1.54, 1.807) is 24.3 Å². The number of fused-ring (bicyclic) bond motifs is 1. The normalized spacial score (nSPS) is 20.8. The topological polar surface area (TPSA) is 105 Å². The van der Waals surface area contributed by atoms with Crippen molar-refractivity contribution in [3.8, 4) is 0 Å². The van der Waals surface area contributed by atoms with Crippen molar-refractivity contribution >= 4 is 23.5 Å². The van der Waals surface area contributed by atoms with Crippen LogP contribution in [0, 0.1) is 0 Å². The third kappa shape index (κ3) is 2.94. The van der Waals surface area contributed by atoms with Crippen molar-refractivity contribution in [3.05, 3.63) is 29.8 Å². The summed E-state index contributed by atoms with van der Waals surface area (Å²) in [5.41, 5.74) is 1.25. The van der Waals surface area contributed by atoms with Gasteiger partial charge in [0, 0.05) is 12.6 Å². The van der Waals surface area contributed by atoms with Crippen molar-refractivity contribution in [1.29, 1.82) is 0 Å². The van der Waals surface area contributed by atoms with Gasteiger partial charge in [-0.05, 0) is 11.6 Å². The van der Waals surface area contributed by atoms with Gasteiger partial charge in [0.2, 0.25) is 0 Å². The van der Waals surface area contributed by atoms with E-state index in [-0.39, 0.29) is 6.54 Å². The fraction of sp³-hybridized carbons (Fsp3) is 0.308. The molecule has 0 radical (unpaired) electrons. The summed E-state index contributed by atoms with van der Waals surface area (Å²) in [6.45, 7) is 0.853. The molecule has 1 aromatic carbocycles. The van der Waals surface area contributed by atoms with Crippen molar-refractivity contribution in [2.24, 2.45) is 0 Å². The SMILES string of the molecule is CC(=O)OC1C(=O)Nc2ccccc2C1NCC(=O)O. The summed E-state index contributed by atoms with van der Waals surface area (Å²) in [4.78, 5) is 33.8. The van der Waals surface area contributed by atoms with E-state index in [1.807, 2.05) is 0 Å². The molecule has 0 fully saturated rings. The average molecular weight is 278 g/mol. The molecule has 0 saturated carbocycles. The first-order valence-electron chi connectivity index (χ1n) is 6.01. The summed E-state index contributed by atoms with van der Waals surface area (Å²) in [5.74, 6) is -2.15. The number of hydrogen-bond donors (Lipinski definition) is 3. The van der Waals surface area contributed by atoms with Crippen LogP contribution in [0.4, 0.5) is 5.69 Å². The Hall–Kier alpha value is -2.41. The van der Waals surface area contributed by atoms with Crippen LogP contribution >= 0.6 is 0 Å². The molecule has 7 heteroatoms. The van der Waals surface area contributed by atoms with Gasteiger partial charge in [0.1, 0.15) is 0 Å². The maximum atomic E-state index is 12.0. The van der Waals surface area contributed by atoms with Gasteiger partial charge in [-0.15, -0.1) is 0 Å². The van der Waals surface area contributed by atoms with Gasteiger partial charge in [-0.3, -0.25) is 19.7 Å². The molecule has 106 valence electrons. The Balaban J connectivity index is 2.33. The first-order valence-corrected chi connectivity index (χ1v) is 6.01. The molecule has 1 aromatic rings. The van der Waals surface area contributed by atoms with Crippen molar-refractivity contribution in [1.82, 2.24) is 5.32 Å². The molecule has 20 heavy (non-hydrogen) atoms. The van der Waals surface area contributed by atoms with Gasteiger partial charge < -0.3 is 15.2 Å². The van der Waals surface area contributed by atoms with E-state index < -0.39 is 30.0 Å². The third-order valence-electron chi connectivity index (χ3n) is 2.88. The summed E-state index contributed by atoms with van der Waals surface area (Å²) in [5, 5.41) is 14.1. The molecule has 1 aliphatic rings. The Bertz CT molecular complexity index is 557. The van der Waals surface area contributed by atoms with Crippen LogP contribution < -0.4 is 10.6 Å². The number of benzene rings is 1. The lowest BCUT2D eigenvalue weighted by atomic mass is 9.94. The largest absolute Gasteiger partial charge is 0.480 e. The first-order chi connectivity index (χ1) is 9.49. The van der Waals surface area contributed by atoms with E-state index in [0.717, 1.165) is 0 Å². The summed E-state index contributed by atoms with van der Waals surface area (Å²) in [7, 11) is 0. The number of anilines is 1. The van der Waals surface area contributed by atoms with Crippen molar-refractivity contribution in [3.63, 3.8) is 0 Å². The highest BCUT2D eigenvalue weighted by Crippen LogP contribution is 2.31. The quantitative estimate of drug-likeness (QED) is 0.684. The van der Waals surface area contributed by atoms with E-state index >= 15 is 0 Å². The van der Waals surface area contributed by atoms with E-state index in [2.05, 4.69) is 10.6 Å². The Morgan fingerprint density at radius 3 is 2.75 bits per heavy atom. The van der Waals surface area contributed by atoms with Gasteiger partial charge in [-0.1, -0.05) is 18.2 Å². The zero-order valence-electron chi connectivity index (χ0n) is 10.8. The molecule has 1 aliphatic heterocycles. The fourth-order valence-corrected chi connectivity index (χ4v) is 2.11. The molecular formula is C13H14N2O5.